The highest BCUT2D eigenvalue weighted by Crippen LogP contribution is 2.52. The molecule has 2 heterocycles. The molecule has 3 aliphatic rings. The minimum Gasteiger partial charge on any atom is -0.396 e. The molecule has 0 saturated heterocycles. The van der Waals surface area contributed by atoms with E-state index >= 15 is 4.39 Å². The molecule has 31 heavy (non-hydrogen) atoms. The lowest BCUT2D eigenvalue weighted by molar-refractivity contribution is 0.209. The van der Waals surface area contributed by atoms with Crippen LogP contribution >= 0.6 is 11.3 Å². The molecule has 166 valence electrons. The fraction of sp³-hybridized carbons (Fsp3) is 0.545. The van der Waals surface area contributed by atoms with E-state index in [2.05, 4.69) is 4.98 Å². The molecule has 2 N–H and O–H groups in total. The highest BCUT2D eigenvalue weighted by atomic mass is 32.1. The highest BCUT2D eigenvalue weighted by Gasteiger charge is 2.44. The molecule has 2 aromatic heterocycles. The zero-order chi connectivity index (χ0) is 22.0. The third-order valence-corrected chi connectivity index (χ3v) is 8.13. The van der Waals surface area contributed by atoms with Crippen LogP contribution in [0.25, 0.3) is 5.57 Å². The summed E-state index contributed by atoms with van der Waals surface area (Å²) in [6, 6.07) is 1.71. The van der Waals surface area contributed by atoms with Crippen molar-refractivity contribution in [2.24, 2.45) is 5.92 Å². The van der Waals surface area contributed by atoms with Gasteiger partial charge in [0.25, 0.3) is 12.0 Å². The van der Waals surface area contributed by atoms with Crippen molar-refractivity contribution < 1.29 is 18.3 Å². The first-order valence-corrected chi connectivity index (χ1v) is 11.4. The van der Waals surface area contributed by atoms with E-state index in [-0.39, 0.29) is 29.8 Å². The number of hydrogen-bond donors (Lipinski definition) is 2. The number of aliphatic hydroxyl groups is 1. The van der Waals surface area contributed by atoms with Crippen molar-refractivity contribution in [2.45, 2.75) is 63.3 Å². The average Bonchev–Trinajstić information content (AvgIpc) is 3.46. The summed E-state index contributed by atoms with van der Waals surface area (Å²) in [6.45, 7) is 1.79. The monoisotopic (exact) mass is 452 g/mol. The van der Waals surface area contributed by atoms with Gasteiger partial charge in [-0.2, -0.15) is 0 Å². The van der Waals surface area contributed by atoms with Gasteiger partial charge in [-0.1, -0.05) is 6.92 Å². The van der Waals surface area contributed by atoms with Crippen LogP contribution in [0, 0.1) is 5.92 Å². The number of thiophene rings is 1. The van der Waals surface area contributed by atoms with Crippen LogP contribution < -0.4 is 11.2 Å². The SMILES string of the molecule is CC1c2c(c(=O)[nH]c(=O)n2C2CC2)C(C(F)F)=C(F)C1c1cc2c(s1)CCC(CO)C2. The lowest BCUT2D eigenvalue weighted by atomic mass is 9.78. The van der Waals surface area contributed by atoms with Crippen LogP contribution in [0.1, 0.15) is 70.6 Å². The number of nitrogens with one attached hydrogen (secondary N) is 1. The highest BCUT2D eigenvalue weighted by molar-refractivity contribution is 7.12. The van der Waals surface area contributed by atoms with Gasteiger partial charge < -0.3 is 5.11 Å². The summed E-state index contributed by atoms with van der Waals surface area (Å²) in [6.07, 6.45) is 0.559. The van der Waals surface area contributed by atoms with Gasteiger partial charge in [0.15, 0.2) is 0 Å². The third kappa shape index (κ3) is 3.24. The number of aromatic nitrogens is 2. The van der Waals surface area contributed by atoms with Gasteiger partial charge in [-0.05, 0) is 49.7 Å². The Morgan fingerprint density at radius 3 is 2.68 bits per heavy atom. The molecule has 0 aromatic carbocycles. The molecule has 3 unspecified atom stereocenters. The van der Waals surface area contributed by atoms with E-state index in [1.165, 1.54) is 15.9 Å². The summed E-state index contributed by atoms with van der Waals surface area (Å²) < 4.78 is 45.2. The maximum absolute atomic E-state index is 15.6. The number of aliphatic hydroxyl groups excluding tert-OH is 1. The Balaban J connectivity index is 1.71. The molecule has 0 amide bonds. The second-order valence-corrected chi connectivity index (χ2v) is 10.0. The number of hydrogen-bond acceptors (Lipinski definition) is 4. The van der Waals surface area contributed by atoms with Crippen molar-refractivity contribution in [1.82, 2.24) is 9.55 Å². The molecule has 0 aliphatic heterocycles. The van der Waals surface area contributed by atoms with Crippen LogP contribution in [0.15, 0.2) is 21.5 Å². The first kappa shape index (κ1) is 20.8. The predicted octanol–water partition coefficient (Wildman–Crippen LogP) is 3.88. The average molecular weight is 452 g/mol. The number of fused-ring (bicyclic) bond motifs is 2. The largest absolute Gasteiger partial charge is 0.396 e. The second-order valence-electron chi connectivity index (χ2n) is 8.84. The van der Waals surface area contributed by atoms with Crippen molar-refractivity contribution in [3.63, 3.8) is 0 Å². The minimum atomic E-state index is -3.17. The molecule has 3 atom stereocenters. The number of halogens is 3. The summed E-state index contributed by atoms with van der Waals surface area (Å²) in [5, 5.41) is 9.49. The van der Waals surface area contributed by atoms with Gasteiger partial charge in [0.2, 0.25) is 0 Å². The van der Waals surface area contributed by atoms with Crippen molar-refractivity contribution in [3.8, 4) is 0 Å². The Labute approximate surface area is 180 Å². The number of nitrogens with zero attached hydrogens (tertiary/aromatic N) is 1. The quantitative estimate of drug-likeness (QED) is 0.740. The zero-order valence-electron chi connectivity index (χ0n) is 17.0. The fourth-order valence-corrected chi connectivity index (χ4v) is 6.56. The molecule has 5 rings (SSSR count). The molecule has 1 saturated carbocycles. The molecule has 0 bridgehead atoms. The molecule has 5 nitrogen and oxygen atoms in total. The van der Waals surface area contributed by atoms with E-state index < -0.39 is 40.9 Å². The Morgan fingerprint density at radius 1 is 1.29 bits per heavy atom. The molecule has 0 radical (unpaired) electrons. The topological polar surface area (TPSA) is 75.1 Å². The summed E-state index contributed by atoms with van der Waals surface area (Å²) in [5.41, 5.74) is -1.61. The summed E-state index contributed by atoms with van der Waals surface area (Å²) in [7, 11) is 0. The first-order valence-electron chi connectivity index (χ1n) is 10.6. The van der Waals surface area contributed by atoms with Gasteiger partial charge >= 0.3 is 5.69 Å². The van der Waals surface area contributed by atoms with E-state index in [0.29, 0.717) is 11.3 Å². The second kappa shape index (κ2) is 7.48. The van der Waals surface area contributed by atoms with Crippen LogP contribution in [0.2, 0.25) is 0 Å². The van der Waals surface area contributed by atoms with Gasteiger partial charge in [0.05, 0.1) is 17.1 Å². The number of aryl methyl sites for hydroxylation is 1. The standard InChI is InChI=1S/C22H23F3N2O3S/c1-9-15(14-7-11-6-10(8-28)2-5-13(11)31-14)18(23)16(20(24)25)17-19(9)27(12-3-4-12)22(30)26-21(17)29/h7,9-10,12,15,20,28H,2-6,8H2,1H3,(H,26,29,30). The number of H-pyrrole nitrogens is 1. The zero-order valence-corrected chi connectivity index (χ0v) is 17.8. The van der Waals surface area contributed by atoms with Crippen molar-refractivity contribution in [3.05, 3.63) is 59.3 Å². The van der Waals surface area contributed by atoms with Crippen LogP contribution in [0.5, 0.6) is 0 Å². The Kier molecular flexibility index (Phi) is 5.01. The van der Waals surface area contributed by atoms with Gasteiger partial charge in [0.1, 0.15) is 5.83 Å². The number of allylic oxidation sites excluding steroid dienone is 2. The van der Waals surface area contributed by atoms with Crippen molar-refractivity contribution >= 4 is 16.9 Å². The van der Waals surface area contributed by atoms with E-state index in [1.54, 1.807) is 6.92 Å². The van der Waals surface area contributed by atoms with E-state index in [9.17, 15) is 23.5 Å². The maximum atomic E-state index is 15.6. The first-order chi connectivity index (χ1) is 14.8. The lowest BCUT2D eigenvalue weighted by Crippen LogP contribution is -2.39. The van der Waals surface area contributed by atoms with Crippen molar-refractivity contribution in [2.75, 3.05) is 6.61 Å². The predicted molar refractivity (Wildman–Crippen MR) is 112 cm³/mol. The molecule has 9 heteroatoms. The molecule has 1 fully saturated rings. The van der Waals surface area contributed by atoms with E-state index in [1.807, 2.05) is 6.07 Å². The lowest BCUT2D eigenvalue weighted by Gasteiger charge is -2.32. The number of alkyl halides is 2. The van der Waals surface area contributed by atoms with Crippen LogP contribution in [-0.2, 0) is 12.8 Å². The molecule has 0 spiro atoms. The van der Waals surface area contributed by atoms with Crippen LogP contribution in [-0.4, -0.2) is 27.7 Å². The summed E-state index contributed by atoms with van der Waals surface area (Å²) >= 11 is 1.41. The van der Waals surface area contributed by atoms with E-state index in [4.69, 9.17) is 0 Å². The molecule has 2 aromatic rings. The smallest absolute Gasteiger partial charge is 0.328 e. The van der Waals surface area contributed by atoms with E-state index in [0.717, 1.165) is 36.1 Å². The molecule has 3 aliphatic carbocycles. The molecular formula is C22H23F3N2O3S. The van der Waals surface area contributed by atoms with Crippen LogP contribution in [0.3, 0.4) is 0 Å². The van der Waals surface area contributed by atoms with Gasteiger partial charge in [0, 0.05) is 34.0 Å². The van der Waals surface area contributed by atoms with Gasteiger partial charge in [-0.15, -0.1) is 11.3 Å². The Morgan fingerprint density at radius 2 is 2.03 bits per heavy atom. The molecular weight excluding hydrogens is 429 g/mol. The Bertz CT molecular complexity index is 1190. The number of rotatable bonds is 4. The van der Waals surface area contributed by atoms with Crippen molar-refractivity contribution in [1.29, 1.82) is 0 Å². The van der Waals surface area contributed by atoms with Gasteiger partial charge in [-0.3, -0.25) is 14.3 Å². The van der Waals surface area contributed by atoms with Crippen LogP contribution in [0.4, 0.5) is 13.2 Å². The third-order valence-electron chi connectivity index (χ3n) is 6.81. The summed E-state index contributed by atoms with van der Waals surface area (Å²) in [4.78, 5) is 28.9. The fourth-order valence-electron chi connectivity index (χ4n) is 5.15. The number of aromatic amines is 1. The minimum absolute atomic E-state index is 0.0814. The van der Waals surface area contributed by atoms with Gasteiger partial charge in [-0.25, -0.2) is 18.0 Å². The Hall–Kier alpha value is -2.13. The normalized spacial score (nSPS) is 25.7. The summed E-state index contributed by atoms with van der Waals surface area (Å²) in [5.74, 6) is -2.44. The maximum Gasteiger partial charge on any atom is 0.328 e.